The molecule has 0 saturated heterocycles. The normalized spacial score (nSPS) is 11.1. The number of methoxy groups -OCH3 is 1. The molecule has 150 valence electrons. The summed E-state index contributed by atoms with van der Waals surface area (Å²) in [6, 6.07) is 14.4. The molecule has 0 spiro atoms. The van der Waals surface area contributed by atoms with Crippen LogP contribution in [0.1, 0.15) is 11.3 Å². The van der Waals surface area contributed by atoms with Crippen molar-refractivity contribution in [2.45, 2.75) is 0 Å². The highest BCUT2D eigenvalue weighted by molar-refractivity contribution is 7.13. The molecule has 8 heteroatoms. The summed E-state index contributed by atoms with van der Waals surface area (Å²) in [4.78, 5) is 13.9. The van der Waals surface area contributed by atoms with Gasteiger partial charge in [-0.1, -0.05) is 53.5 Å². The number of nitrogens with zero attached hydrogens (tertiary/aromatic N) is 1. The number of hydrogen-bond donors (Lipinski definition) is 1. The Morgan fingerprint density at radius 2 is 1.93 bits per heavy atom. The minimum absolute atomic E-state index is 0.301. The summed E-state index contributed by atoms with van der Waals surface area (Å²) in [5, 5.41) is 11.3. The quantitative estimate of drug-likeness (QED) is 0.341. The molecule has 0 unspecified atom stereocenters. The Morgan fingerprint density at radius 1 is 1.21 bits per heavy atom. The van der Waals surface area contributed by atoms with Crippen LogP contribution in [0.15, 0.2) is 66.2 Å². The number of carbonyl (C=O) groups is 1. The van der Waals surface area contributed by atoms with E-state index in [1.165, 1.54) is 24.5 Å². The van der Waals surface area contributed by atoms with Gasteiger partial charge in [0.05, 0.1) is 24.5 Å². The molecule has 0 radical (unpaired) electrons. The van der Waals surface area contributed by atoms with Gasteiger partial charge in [0.25, 0.3) is 0 Å². The molecule has 0 fully saturated rings. The van der Waals surface area contributed by atoms with Gasteiger partial charge in [0, 0.05) is 16.0 Å². The van der Waals surface area contributed by atoms with Crippen LogP contribution < -0.4 is 0 Å². The predicted octanol–water partition coefficient (Wildman–Crippen LogP) is 6.82. The van der Waals surface area contributed by atoms with Gasteiger partial charge in [-0.15, -0.1) is 11.3 Å². The van der Waals surface area contributed by atoms with Crippen molar-refractivity contribution in [3.8, 4) is 10.6 Å². The van der Waals surface area contributed by atoms with E-state index in [4.69, 9.17) is 28.3 Å². The fourth-order valence-corrected chi connectivity index (χ4v) is 3.46. The van der Waals surface area contributed by atoms with Crippen molar-refractivity contribution in [1.29, 1.82) is 0 Å². The number of carboxylic acid groups (broad SMARTS) is 1. The second-order valence-corrected chi connectivity index (χ2v) is 7.14. The summed E-state index contributed by atoms with van der Waals surface area (Å²) in [5.74, 6) is -1.37. The maximum absolute atomic E-state index is 14.3. The van der Waals surface area contributed by atoms with E-state index < -0.39 is 5.97 Å². The van der Waals surface area contributed by atoms with Gasteiger partial charge in [0.2, 0.25) is 0 Å². The molecule has 1 aromatic heterocycles. The fraction of sp³-hybridized carbons (Fsp3) is 0.0476. The van der Waals surface area contributed by atoms with Crippen LogP contribution in [0.3, 0.4) is 0 Å². The van der Waals surface area contributed by atoms with Crippen LogP contribution >= 0.6 is 34.5 Å². The second-order valence-electron chi connectivity index (χ2n) is 5.44. The number of benzene rings is 2. The van der Waals surface area contributed by atoms with Gasteiger partial charge in [0.1, 0.15) is 16.5 Å². The van der Waals surface area contributed by atoms with Gasteiger partial charge in [-0.2, -0.15) is 0 Å². The monoisotopic (exact) mass is 451 g/mol. The van der Waals surface area contributed by atoms with Crippen molar-refractivity contribution in [3.63, 3.8) is 0 Å². The molecule has 0 bridgehead atoms. The number of halogens is 3. The molecule has 0 amide bonds. The highest BCUT2D eigenvalue weighted by atomic mass is 35.5. The lowest BCUT2D eigenvalue weighted by molar-refractivity contribution is -0.131. The molecule has 0 aliphatic rings. The molecule has 3 rings (SSSR count). The number of ether oxygens (including phenoxy) is 1. The van der Waals surface area contributed by atoms with Crippen LogP contribution in [0.2, 0.25) is 10.0 Å². The lowest BCUT2D eigenvalue weighted by Crippen LogP contribution is -1.85. The fourth-order valence-electron chi connectivity index (χ4n) is 2.07. The molecule has 0 saturated carbocycles. The van der Waals surface area contributed by atoms with Crippen LogP contribution in [-0.2, 0) is 9.53 Å². The number of rotatable bonds is 5. The predicted molar refractivity (Wildman–Crippen MR) is 117 cm³/mol. The summed E-state index contributed by atoms with van der Waals surface area (Å²) >= 11 is 13.4. The smallest absolute Gasteiger partial charge is 0.331 e. The van der Waals surface area contributed by atoms with Gasteiger partial charge in [0.15, 0.2) is 0 Å². The van der Waals surface area contributed by atoms with E-state index >= 15 is 0 Å². The number of hydrogen-bond acceptors (Lipinski definition) is 4. The van der Waals surface area contributed by atoms with Gasteiger partial charge in [-0.25, -0.2) is 14.2 Å². The molecule has 29 heavy (non-hydrogen) atoms. The SMILES string of the molecule is COC=CC(=O)O.FC(=Cc1ccccc1)c1csc(-c2ccc(Cl)cc2Cl)n1. The minimum Gasteiger partial charge on any atom is -0.504 e. The second kappa shape index (κ2) is 11.4. The average molecular weight is 452 g/mol. The van der Waals surface area contributed by atoms with Gasteiger partial charge >= 0.3 is 5.97 Å². The molecule has 2 aromatic carbocycles. The van der Waals surface area contributed by atoms with E-state index in [0.717, 1.165) is 23.5 Å². The van der Waals surface area contributed by atoms with E-state index in [1.807, 2.05) is 30.3 Å². The first kappa shape index (κ1) is 22.6. The summed E-state index contributed by atoms with van der Waals surface area (Å²) in [7, 11) is 1.39. The summed E-state index contributed by atoms with van der Waals surface area (Å²) < 4.78 is 18.6. The van der Waals surface area contributed by atoms with E-state index in [0.29, 0.717) is 20.7 Å². The van der Waals surface area contributed by atoms with Crippen LogP contribution in [0.5, 0.6) is 0 Å². The molecule has 4 nitrogen and oxygen atoms in total. The number of thiazole rings is 1. The third kappa shape index (κ3) is 7.34. The third-order valence-corrected chi connectivity index (χ3v) is 4.77. The van der Waals surface area contributed by atoms with E-state index in [1.54, 1.807) is 23.6 Å². The Balaban J connectivity index is 0.000000370. The van der Waals surface area contributed by atoms with Crippen molar-refractivity contribution in [2.75, 3.05) is 7.11 Å². The summed E-state index contributed by atoms with van der Waals surface area (Å²) in [6.45, 7) is 0. The Morgan fingerprint density at radius 3 is 2.52 bits per heavy atom. The molecular formula is C21H16Cl2FNO3S. The minimum atomic E-state index is -0.998. The molecule has 3 aromatic rings. The third-order valence-electron chi connectivity index (χ3n) is 3.35. The molecular weight excluding hydrogens is 436 g/mol. The van der Waals surface area contributed by atoms with Crippen molar-refractivity contribution < 1.29 is 19.0 Å². The van der Waals surface area contributed by atoms with Gasteiger partial charge in [-0.3, -0.25) is 0 Å². The van der Waals surface area contributed by atoms with E-state index in [-0.39, 0.29) is 5.83 Å². The number of carboxylic acids is 1. The van der Waals surface area contributed by atoms with Crippen molar-refractivity contribution >= 4 is 52.4 Å². The van der Waals surface area contributed by atoms with Crippen LogP contribution in [-0.4, -0.2) is 23.2 Å². The molecule has 0 aliphatic carbocycles. The van der Waals surface area contributed by atoms with E-state index in [9.17, 15) is 9.18 Å². The van der Waals surface area contributed by atoms with Crippen LogP contribution in [0.25, 0.3) is 22.5 Å². The zero-order chi connectivity index (χ0) is 21.2. The zero-order valence-electron chi connectivity index (χ0n) is 15.2. The molecule has 1 N–H and O–H groups in total. The highest BCUT2D eigenvalue weighted by Crippen LogP contribution is 2.34. The molecule has 1 heterocycles. The topological polar surface area (TPSA) is 59.4 Å². The average Bonchev–Trinajstić information content (AvgIpc) is 3.17. The largest absolute Gasteiger partial charge is 0.504 e. The number of aliphatic carboxylic acids is 1. The van der Waals surface area contributed by atoms with Crippen molar-refractivity contribution in [2.24, 2.45) is 0 Å². The van der Waals surface area contributed by atoms with Gasteiger partial charge < -0.3 is 9.84 Å². The van der Waals surface area contributed by atoms with E-state index in [2.05, 4.69) is 9.72 Å². The first-order valence-electron chi connectivity index (χ1n) is 8.16. The van der Waals surface area contributed by atoms with Crippen molar-refractivity contribution in [1.82, 2.24) is 4.98 Å². The van der Waals surface area contributed by atoms with Crippen LogP contribution in [0, 0.1) is 0 Å². The highest BCUT2D eigenvalue weighted by Gasteiger charge is 2.11. The maximum atomic E-state index is 14.3. The first-order chi connectivity index (χ1) is 13.9. The molecule has 0 aliphatic heterocycles. The number of aromatic nitrogens is 1. The van der Waals surface area contributed by atoms with Crippen LogP contribution in [0.4, 0.5) is 4.39 Å². The Hall–Kier alpha value is -2.67. The van der Waals surface area contributed by atoms with Crippen molar-refractivity contribution in [3.05, 3.63) is 87.6 Å². The first-order valence-corrected chi connectivity index (χ1v) is 9.80. The van der Waals surface area contributed by atoms with Gasteiger partial charge in [-0.05, 0) is 29.8 Å². The lowest BCUT2D eigenvalue weighted by atomic mass is 10.2. The lowest BCUT2D eigenvalue weighted by Gasteiger charge is -2.00. The summed E-state index contributed by atoms with van der Waals surface area (Å²) in [5.41, 5.74) is 1.84. The Kier molecular flexibility index (Phi) is 8.86. The Labute approximate surface area is 181 Å². The Bertz CT molecular complexity index is 1020. The summed E-state index contributed by atoms with van der Waals surface area (Å²) in [6.07, 6.45) is 3.48. The standard InChI is InChI=1S/C17H10Cl2FNS.C4H6O3/c18-12-6-7-13(14(19)9-12)17-21-16(10-22-17)15(20)8-11-4-2-1-3-5-11;1-7-3-2-4(5)6/h1-10H;2-3H,1H3,(H,5,6). The zero-order valence-corrected chi connectivity index (χ0v) is 17.5. The molecule has 0 atom stereocenters. The maximum Gasteiger partial charge on any atom is 0.331 e.